The lowest BCUT2D eigenvalue weighted by molar-refractivity contribution is -0.142. The molecule has 0 aliphatic heterocycles. The first-order valence-electron chi connectivity index (χ1n) is 8.25. The minimum atomic E-state index is -0.279. The molecule has 27 heavy (non-hydrogen) atoms. The van der Waals surface area contributed by atoms with Crippen molar-refractivity contribution < 1.29 is 9.53 Å². The number of pyridine rings is 1. The number of halogens is 1. The van der Waals surface area contributed by atoms with Gasteiger partial charge in [0.15, 0.2) is 0 Å². The van der Waals surface area contributed by atoms with Gasteiger partial charge >= 0.3 is 5.97 Å². The molecule has 0 atom stereocenters. The van der Waals surface area contributed by atoms with E-state index < -0.39 is 0 Å². The van der Waals surface area contributed by atoms with Crippen LogP contribution in [0.2, 0.25) is 0 Å². The first kappa shape index (κ1) is 19.2. The summed E-state index contributed by atoms with van der Waals surface area (Å²) in [4.78, 5) is 20.1. The highest BCUT2D eigenvalue weighted by atomic mass is 79.9. The van der Waals surface area contributed by atoms with Crippen molar-refractivity contribution in [3.63, 3.8) is 0 Å². The maximum absolute atomic E-state index is 11.5. The molecule has 0 fully saturated rings. The number of hydrogen-bond acceptors (Lipinski definition) is 7. The largest absolute Gasteiger partial charge is 0.466 e. The molecule has 0 saturated carbocycles. The molecule has 1 N–H and O–H groups in total. The number of hydrazone groups is 1. The molecule has 6 nitrogen and oxygen atoms in total. The van der Waals surface area contributed by atoms with Crippen LogP contribution in [0.1, 0.15) is 18.2 Å². The molecule has 0 aliphatic rings. The lowest BCUT2D eigenvalue weighted by atomic mass is 10.1. The number of benzene rings is 1. The number of carbonyl (C=O) groups excluding carboxylic acids is 1. The quantitative estimate of drug-likeness (QED) is 0.329. The summed E-state index contributed by atoms with van der Waals surface area (Å²) in [5, 5.41) is 6.63. The van der Waals surface area contributed by atoms with Crippen LogP contribution in [0.15, 0.2) is 57.5 Å². The zero-order valence-corrected chi connectivity index (χ0v) is 17.0. The van der Waals surface area contributed by atoms with Crippen molar-refractivity contribution in [1.82, 2.24) is 9.97 Å². The highest BCUT2D eigenvalue weighted by Crippen LogP contribution is 2.19. The molecular weight excluding hydrogens is 428 g/mol. The number of nitrogens with zero attached hydrogens (tertiary/aromatic N) is 3. The van der Waals surface area contributed by atoms with Crippen molar-refractivity contribution in [3.8, 4) is 11.3 Å². The van der Waals surface area contributed by atoms with Crippen molar-refractivity contribution in [2.45, 2.75) is 13.3 Å². The molecule has 8 heteroatoms. The van der Waals surface area contributed by atoms with Gasteiger partial charge in [-0.25, -0.2) is 4.98 Å². The van der Waals surface area contributed by atoms with Crippen molar-refractivity contribution in [1.29, 1.82) is 0 Å². The predicted molar refractivity (Wildman–Crippen MR) is 111 cm³/mol. The van der Waals surface area contributed by atoms with Gasteiger partial charge in [0.1, 0.15) is 0 Å². The van der Waals surface area contributed by atoms with Gasteiger partial charge in [0.25, 0.3) is 0 Å². The van der Waals surface area contributed by atoms with Gasteiger partial charge in [-0.3, -0.25) is 15.2 Å². The van der Waals surface area contributed by atoms with E-state index in [4.69, 9.17) is 4.74 Å². The van der Waals surface area contributed by atoms with E-state index in [1.165, 1.54) is 11.3 Å². The van der Waals surface area contributed by atoms with E-state index in [2.05, 4.69) is 36.4 Å². The number of rotatable bonds is 7. The third-order valence-corrected chi connectivity index (χ3v) is 4.76. The summed E-state index contributed by atoms with van der Waals surface area (Å²) in [6.45, 7) is 2.15. The van der Waals surface area contributed by atoms with E-state index in [-0.39, 0.29) is 12.4 Å². The molecule has 0 aliphatic carbocycles. The Morgan fingerprint density at radius 2 is 2.11 bits per heavy atom. The Hall–Kier alpha value is -2.58. The van der Waals surface area contributed by atoms with Gasteiger partial charge in [0.05, 0.1) is 30.6 Å². The van der Waals surface area contributed by atoms with E-state index >= 15 is 0 Å². The summed E-state index contributed by atoms with van der Waals surface area (Å²) in [7, 11) is 0. The second-order valence-corrected chi connectivity index (χ2v) is 7.25. The van der Waals surface area contributed by atoms with Crippen molar-refractivity contribution >= 4 is 44.6 Å². The summed E-state index contributed by atoms with van der Waals surface area (Å²) in [5.74, 6) is -0.279. The average molecular weight is 445 g/mol. The van der Waals surface area contributed by atoms with E-state index in [1.807, 2.05) is 41.8 Å². The van der Waals surface area contributed by atoms with E-state index in [9.17, 15) is 4.79 Å². The summed E-state index contributed by atoms with van der Waals surface area (Å²) in [6.07, 6.45) is 3.66. The fourth-order valence-electron chi connectivity index (χ4n) is 2.25. The van der Waals surface area contributed by atoms with Crippen LogP contribution in [0.25, 0.3) is 11.3 Å². The molecule has 2 aromatic heterocycles. The van der Waals surface area contributed by atoms with Gasteiger partial charge in [0, 0.05) is 21.6 Å². The Balaban J connectivity index is 1.56. The average Bonchev–Trinajstić information content (AvgIpc) is 3.10. The lowest BCUT2D eigenvalue weighted by Crippen LogP contribution is -2.07. The first-order chi connectivity index (χ1) is 13.1. The minimum absolute atomic E-state index is 0.168. The molecule has 138 valence electrons. The number of anilines is 1. The number of hydrogen-bond donors (Lipinski definition) is 1. The first-order valence-corrected chi connectivity index (χ1v) is 9.92. The molecule has 0 unspecified atom stereocenters. The van der Waals surface area contributed by atoms with Gasteiger partial charge in [0.2, 0.25) is 5.13 Å². The molecular formula is C19H17BrN4O2S. The topological polar surface area (TPSA) is 76.5 Å². The fourth-order valence-corrected chi connectivity index (χ4v) is 3.14. The Labute approximate surface area is 169 Å². The van der Waals surface area contributed by atoms with Crippen molar-refractivity contribution in [2.24, 2.45) is 5.10 Å². The number of esters is 1. The molecule has 0 bridgehead atoms. The van der Waals surface area contributed by atoms with E-state index in [1.54, 1.807) is 19.3 Å². The molecule has 1 aromatic carbocycles. The van der Waals surface area contributed by atoms with Gasteiger partial charge in [-0.1, -0.05) is 24.3 Å². The maximum atomic E-state index is 11.5. The van der Waals surface area contributed by atoms with Crippen LogP contribution in [0.5, 0.6) is 0 Å². The summed E-state index contributed by atoms with van der Waals surface area (Å²) in [5.41, 5.74) is 6.45. The molecule has 0 radical (unpaired) electrons. The smallest absolute Gasteiger partial charge is 0.311 e. The molecule has 0 amide bonds. The van der Waals surface area contributed by atoms with Gasteiger partial charge < -0.3 is 4.74 Å². The zero-order chi connectivity index (χ0) is 19.1. The zero-order valence-electron chi connectivity index (χ0n) is 14.6. The van der Waals surface area contributed by atoms with Gasteiger partial charge in [-0.2, -0.15) is 5.10 Å². The monoisotopic (exact) mass is 444 g/mol. The van der Waals surface area contributed by atoms with Crippen LogP contribution in [0.4, 0.5) is 5.13 Å². The Morgan fingerprint density at radius 3 is 2.81 bits per heavy atom. The molecule has 3 aromatic rings. The Bertz CT molecular complexity index is 924. The third-order valence-electron chi connectivity index (χ3n) is 3.49. The van der Waals surface area contributed by atoms with E-state index in [0.29, 0.717) is 17.4 Å². The normalized spacial score (nSPS) is 10.9. The molecule has 0 saturated heterocycles. The second kappa shape index (κ2) is 9.38. The number of carbonyl (C=O) groups is 1. The summed E-state index contributed by atoms with van der Waals surface area (Å²) in [6, 6.07) is 11.9. The standard InChI is InChI=1S/C19H17BrN4O2S/c1-2-26-18(25)9-16-12-27-19(23-16)24-22-10-13-3-5-14(6-4-13)17-8-7-15(20)11-21-17/h3-8,10-12H,2,9H2,1H3,(H,23,24). The van der Waals surface area contributed by atoms with Gasteiger partial charge in [-0.05, 0) is 40.5 Å². The van der Waals surface area contributed by atoms with Crippen molar-refractivity contribution in [2.75, 3.05) is 12.0 Å². The van der Waals surface area contributed by atoms with Crippen LogP contribution >= 0.6 is 27.3 Å². The summed E-state index contributed by atoms with van der Waals surface area (Å²) >= 11 is 4.77. The number of thiazole rings is 1. The van der Waals surface area contributed by atoms with Crippen LogP contribution in [0, 0.1) is 0 Å². The Morgan fingerprint density at radius 1 is 1.30 bits per heavy atom. The third kappa shape index (κ3) is 5.70. The molecule has 0 spiro atoms. The second-order valence-electron chi connectivity index (χ2n) is 5.48. The van der Waals surface area contributed by atoms with Crippen LogP contribution in [-0.2, 0) is 16.0 Å². The van der Waals surface area contributed by atoms with Crippen LogP contribution < -0.4 is 5.43 Å². The highest BCUT2D eigenvalue weighted by Gasteiger charge is 2.07. The van der Waals surface area contributed by atoms with Crippen molar-refractivity contribution in [3.05, 3.63) is 63.7 Å². The minimum Gasteiger partial charge on any atom is -0.466 e. The fraction of sp³-hybridized carbons (Fsp3) is 0.158. The summed E-state index contributed by atoms with van der Waals surface area (Å²) < 4.78 is 5.86. The van der Waals surface area contributed by atoms with Crippen LogP contribution in [-0.4, -0.2) is 28.8 Å². The lowest BCUT2D eigenvalue weighted by Gasteiger charge is -2.01. The predicted octanol–water partition coefficient (Wildman–Crippen LogP) is 4.52. The maximum Gasteiger partial charge on any atom is 0.311 e. The van der Waals surface area contributed by atoms with Gasteiger partial charge in [-0.15, -0.1) is 11.3 Å². The van der Waals surface area contributed by atoms with Crippen LogP contribution in [0.3, 0.4) is 0 Å². The number of ether oxygens (including phenoxy) is 1. The molecule has 2 heterocycles. The highest BCUT2D eigenvalue weighted by molar-refractivity contribution is 9.10. The Kier molecular flexibility index (Phi) is 6.67. The number of nitrogens with one attached hydrogen (secondary N) is 1. The molecule has 3 rings (SSSR count). The SMILES string of the molecule is CCOC(=O)Cc1csc(NN=Cc2ccc(-c3ccc(Br)cn3)cc2)n1. The number of aromatic nitrogens is 2. The van der Waals surface area contributed by atoms with E-state index in [0.717, 1.165) is 21.3 Å².